The van der Waals surface area contributed by atoms with Gasteiger partial charge in [-0.3, -0.25) is 14.9 Å². The van der Waals surface area contributed by atoms with Crippen molar-refractivity contribution in [2.24, 2.45) is 0 Å². The number of carbonyl (C=O) groups is 1. The largest absolute Gasteiger partial charge is 0.416 e. The number of rotatable bonds is 9. The van der Waals surface area contributed by atoms with Crippen molar-refractivity contribution in [1.82, 2.24) is 15.5 Å². The number of amides is 1. The van der Waals surface area contributed by atoms with Crippen LogP contribution in [0.1, 0.15) is 17.9 Å². The summed E-state index contributed by atoms with van der Waals surface area (Å²) in [7, 11) is 0. The Kier molecular flexibility index (Phi) is 7.48. The van der Waals surface area contributed by atoms with Crippen LogP contribution in [0, 0.1) is 10.1 Å². The van der Waals surface area contributed by atoms with Gasteiger partial charge in [-0.2, -0.15) is 18.2 Å². The van der Waals surface area contributed by atoms with Gasteiger partial charge in [0, 0.05) is 42.6 Å². The van der Waals surface area contributed by atoms with Crippen LogP contribution < -0.4 is 10.6 Å². The fraction of sp³-hybridized carbons (Fsp3) is 0.250. The maximum atomic E-state index is 12.7. The Labute approximate surface area is 190 Å². The predicted molar refractivity (Wildman–Crippen MR) is 113 cm³/mol. The Morgan fingerprint density at radius 2 is 1.88 bits per heavy atom. The summed E-state index contributed by atoms with van der Waals surface area (Å²) in [6.45, 7) is 0.163. The Morgan fingerprint density at radius 3 is 2.55 bits per heavy atom. The number of hydrogen-bond acceptors (Lipinski definition) is 7. The van der Waals surface area contributed by atoms with Crippen molar-refractivity contribution in [1.29, 1.82) is 0 Å². The van der Waals surface area contributed by atoms with Crippen molar-refractivity contribution in [3.05, 3.63) is 69.1 Å². The van der Waals surface area contributed by atoms with Gasteiger partial charge in [0.15, 0.2) is 0 Å². The number of aromatic nitrogens is 2. The average molecular weight is 484 g/mol. The minimum atomic E-state index is -4.69. The van der Waals surface area contributed by atoms with Crippen molar-refractivity contribution in [2.45, 2.75) is 19.0 Å². The van der Waals surface area contributed by atoms with Crippen LogP contribution >= 0.6 is 11.6 Å². The summed E-state index contributed by atoms with van der Waals surface area (Å²) >= 11 is 5.84. The summed E-state index contributed by atoms with van der Waals surface area (Å²) in [5, 5.41) is 20.7. The molecule has 174 valence electrons. The van der Waals surface area contributed by atoms with E-state index < -0.39 is 22.4 Å². The molecule has 1 heterocycles. The predicted octanol–water partition coefficient (Wildman–Crippen LogP) is 4.48. The van der Waals surface area contributed by atoms with Crippen molar-refractivity contribution in [3.8, 4) is 11.4 Å². The number of nitro benzene ring substituents is 1. The molecule has 33 heavy (non-hydrogen) atoms. The molecule has 0 aliphatic rings. The summed E-state index contributed by atoms with van der Waals surface area (Å²) < 4.78 is 43.4. The lowest BCUT2D eigenvalue weighted by atomic mass is 10.1. The lowest BCUT2D eigenvalue weighted by molar-refractivity contribution is -0.384. The molecule has 0 saturated heterocycles. The quantitative estimate of drug-likeness (QED) is 0.261. The van der Waals surface area contributed by atoms with E-state index in [1.807, 2.05) is 0 Å². The molecule has 0 aliphatic heterocycles. The molecule has 2 N–H and O–H groups in total. The second-order valence-electron chi connectivity index (χ2n) is 6.78. The van der Waals surface area contributed by atoms with Crippen molar-refractivity contribution in [3.63, 3.8) is 0 Å². The van der Waals surface area contributed by atoms with Gasteiger partial charge in [-0.25, -0.2) is 0 Å². The number of alkyl halides is 3. The van der Waals surface area contributed by atoms with E-state index in [4.69, 9.17) is 16.1 Å². The molecule has 1 aromatic heterocycles. The van der Waals surface area contributed by atoms with Gasteiger partial charge in [-0.1, -0.05) is 16.8 Å². The maximum Gasteiger partial charge on any atom is 0.416 e. The van der Waals surface area contributed by atoms with Gasteiger partial charge in [0.25, 0.3) is 5.69 Å². The van der Waals surface area contributed by atoms with Gasteiger partial charge in [0.1, 0.15) is 5.69 Å². The molecule has 2 aromatic carbocycles. The minimum Gasteiger partial charge on any atom is -0.378 e. The number of nitro groups is 1. The van der Waals surface area contributed by atoms with E-state index in [2.05, 4.69) is 20.8 Å². The normalized spacial score (nSPS) is 11.3. The zero-order valence-electron chi connectivity index (χ0n) is 16.9. The van der Waals surface area contributed by atoms with E-state index in [0.717, 1.165) is 12.1 Å². The SMILES string of the molecule is O=C(CCc1nc(-c2ccc(Cl)cc2)no1)NCCNc1ccc(C(F)(F)F)cc1[N+](=O)[O-]. The highest BCUT2D eigenvalue weighted by Crippen LogP contribution is 2.34. The van der Waals surface area contributed by atoms with Gasteiger partial charge in [-0.05, 0) is 36.4 Å². The highest BCUT2D eigenvalue weighted by atomic mass is 35.5. The van der Waals surface area contributed by atoms with Crippen LogP contribution in [0.3, 0.4) is 0 Å². The highest BCUT2D eigenvalue weighted by molar-refractivity contribution is 6.30. The fourth-order valence-corrected chi connectivity index (χ4v) is 2.92. The van der Waals surface area contributed by atoms with E-state index in [9.17, 15) is 28.1 Å². The van der Waals surface area contributed by atoms with Gasteiger partial charge < -0.3 is 15.2 Å². The van der Waals surface area contributed by atoms with E-state index in [1.54, 1.807) is 24.3 Å². The van der Waals surface area contributed by atoms with Gasteiger partial charge in [-0.15, -0.1) is 0 Å². The zero-order chi connectivity index (χ0) is 24.0. The van der Waals surface area contributed by atoms with Crippen molar-refractivity contribution < 1.29 is 27.4 Å². The third-order valence-corrected chi connectivity index (χ3v) is 4.67. The Balaban J connectivity index is 1.45. The molecule has 0 radical (unpaired) electrons. The molecule has 0 aliphatic carbocycles. The van der Waals surface area contributed by atoms with Crippen LogP contribution in [0.5, 0.6) is 0 Å². The van der Waals surface area contributed by atoms with Crippen LogP contribution in [-0.2, 0) is 17.4 Å². The standard InChI is InChI=1S/C20H17ClF3N5O4/c21-14-4-1-12(2-5-14)19-27-18(33-28-19)8-7-17(30)26-10-9-25-15-6-3-13(20(22,23)24)11-16(15)29(31)32/h1-6,11,25H,7-10H2,(H,26,30). The number of halogens is 4. The van der Waals surface area contributed by atoms with Crippen LogP contribution in [0.2, 0.25) is 5.02 Å². The van der Waals surface area contributed by atoms with Crippen LogP contribution in [0.25, 0.3) is 11.4 Å². The molecule has 0 saturated carbocycles. The summed E-state index contributed by atoms with van der Waals surface area (Å²) in [5.74, 6) is 0.308. The Hall–Kier alpha value is -3.67. The van der Waals surface area contributed by atoms with Crippen molar-refractivity contribution in [2.75, 3.05) is 18.4 Å². The Morgan fingerprint density at radius 1 is 1.15 bits per heavy atom. The van der Waals surface area contributed by atoms with Crippen LogP contribution in [-0.4, -0.2) is 34.1 Å². The number of carbonyl (C=O) groups excluding carboxylic acids is 1. The van der Waals surface area contributed by atoms with Crippen molar-refractivity contribution >= 4 is 28.9 Å². The molecule has 0 spiro atoms. The number of aryl methyl sites for hydroxylation is 1. The second kappa shape index (κ2) is 10.3. The summed E-state index contributed by atoms with van der Waals surface area (Å²) in [6.07, 6.45) is -4.43. The first-order valence-corrected chi connectivity index (χ1v) is 9.96. The molecule has 9 nitrogen and oxygen atoms in total. The molecule has 13 heteroatoms. The lowest BCUT2D eigenvalue weighted by Gasteiger charge is -2.11. The van der Waals surface area contributed by atoms with Crippen LogP contribution in [0.4, 0.5) is 24.5 Å². The lowest BCUT2D eigenvalue weighted by Crippen LogP contribution is -2.29. The number of anilines is 1. The molecule has 0 unspecified atom stereocenters. The molecular weight excluding hydrogens is 467 g/mol. The Bertz CT molecular complexity index is 1140. The third-order valence-electron chi connectivity index (χ3n) is 4.42. The number of benzene rings is 2. The van der Waals surface area contributed by atoms with E-state index in [1.165, 1.54) is 0 Å². The first-order chi connectivity index (χ1) is 15.6. The van der Waals surface area contributed by atoms with E-state index >= 15 is 0 Å². The number of nitrogens with one attached hydrogen (secondary N) is 2. The molecule has 3 aromatic rings. The first-order valence-electron chi connectivity index (χ1n) is 9.58. The maximum absolute atomic E-state index is 12.7. The second-order valence-corrected chi connectivity index (χ2v) is 7.22. The fourth-order valence-electron chi connectivity index (χ4n) is 2.79. The van der Waals surface area contributed by atoms with E-state index in [-0.39, 0.29) is 43.4 Å². The number of hydrogen-bond donors (Lipinski definition) is 2. The third kappa shape index (κ3) is 6.65. The van der Waals surface area contributed by atoms with Crippen LogP contribution in [0.15, 0.2) is 47.0 Å². The van der Waals surface area contributed by atoms with Gasteiger partial charge in [0.05, 0.1) is 10.5 Å². The summed E-state index contributed by atoms with van der Waals surface area (Å²) in [4.78, 5) is 26.4. The molecule has 3 rings (SSSR count). The summed E-state index contributed by atoms with van der Waals surface area (Å²) in [6, 6.07) is 9.04. The molecular formula is C20H17ClF3N5O4. The smallest absolute Gasteiger partial charge is 0.378 e. The molecule has 0 fully saturated rings. The highest BCUT2D eigenvalue weighted by Gasteiger charge is 2.33. The van der Waals surface area contributed by atoms with Gasteiger partial charge in [0.2, 0.25) is 17.6 Å². The average Bonchev–Trinajstić information content (AvgIpc) is 3.24. The molecule has 0 atom stereocenters. The molecule has 1 amide bonds. The monoisotopic (exact) mass is 483 g/mol. The van der Waals surface area contributed by atoms with E-state index in [0.29, 0.717) is 22.5 Å². The zero-order valence-corrected chi connectivity index (χ0v) is 17.6. The minimum absolute atomic E-state index is 0.0582. The molecule has 0 bridgehead atoms. The first kappa shape index (κ1) is 24.0. The van der Waals surface area contributed by atoms with Gasteiger partial charge >= 0.3 is 6.18 Å². The number of nitrogens with zero attached hydrogens (tertiary/aromatic N) is 3. The summed E-state index contributed by atoms with van der Waals surface area (Å²) in [5.41, 5.74) is -1.19. The topological polar surface area (TPSA) is 123 Å².